The van der Waals surface area contributed by atoms with Crippen LogP contribution in [0.4, 0.5) is 11.4 Å². The molecule has 41 heavy (non-hydrogen) atoms. The first-order valence-electron chi connectivity index (χ1n) is 13.7. The molecule has 0 saturated carbocycles. The number of methoxy groups -OCH3 is 2. The Labute approximate surface area is 239 Å². The Morgan fingerprint density at radius 1 is 0.683 bits per heavy atom. The molecule has 0 unspecified atom stereocenters. The van der Waals surface area contributed by atoms with E-state index in [0.29, 0.717) is 73.1 Å². The Hall–Kier alpha value is -4.57. The summed E-state index contributed by atoms with van der Waals surface area (Å²) in [7, 11) is 3.10. The van der Waals surface area contributed by atoms with E-state index in [2.05, 4.69) is 15.5 Å². The third-order valence-electron chi connectivity index (χ3n) is 7.47. The topological polar surface area (TPSA) is 103 Å². The normalized spacial score (nSPS) is 15.3. The highest BCUT2D eigenvalue weighted by Gasteiger charge is 2.26. The van der Waals surface area contributed by atoms with Gasteiger partial charge in [-0.25, -0.2) is 0 Å². The van der Waals surface area contributed by atoms with Crippen molar-refractivity contribution < 1.29 is 23.9 Å². The molecule has 0 aromatic heterocycles. The third kappa shape index (κ3) is 6.28. The lowest BCUT2D eigenvalue weighted by molar-refractivity contribution is 0.0731. The maximum absolute atomic E-state index is 13.3. The number of carbonyl (C=O) groups is 3. The fraction of sp³-hybridized carbons (Fsp3) is 0.323. The summed E-state index contributed by atoms with van der Waals surface area (Å²) in [6, 6.07) is 19.6. The van der Waals surface area contributed by atoms with Gasteiger partial charge < -0.3 is 34.8 Å². The predicted octanol–water partition coefficient (Wildman–Crippen LogP) is 2.96. The van der Waals surface area contributed by atoms with Crippen molar-refractivity contribution in [2.24, 2.45) is 0 Å². The molecule has 10 nitrogen and oxygen atoms in total. The summed E-state index contributed by atoms with van der Waals surface area (Å²) in [4.78, 5) is 45.4. The number of benzene rings is 3. The fourth-order valence-corrected chi connectivity index (χ4v) is 5.18. The van der Waals surface area contributed by atoms with Crippen molar-refractivity contribution in [3.05, 3.63) is 83.4 Å². The van der Waals surface area contributed by atoms with Crippen molar-refractivity contribution in [1.82, 2.24) is 15.1 Å². The van der Waals surface area contributed by atoms with Crippen LogP contribution in [0.15, 0.2) is 66.7 Å². The van der Waals surface area contributed by atoms with Gasteiger partial charge in [-0.15, -0.1) is 0 Å². The summed E-state index contributed by atoms with van der Waals surface area (Å²) in [6.07, 6.45) is 0. The van der Waals surface area contributed by atoms with Crippen molar-refractivity contribution in [1.29, 1.82) is 0 Å². The van der Waals surface area contributed by atoms with Crippen molar-refractivity contribution in [3.8, 4) is 11.5 Å². The van der Waals surface area contributed by atoms with Crippen LogP contribution in [0, 0.1) is 0 Å². The molecule has 2 heterocycles. The van der Waals surface area contributed by atoms with Crippen molar-refractivity contribution in [3.63, 3.8) is 0 Å². The molecule has 3 aromatic rings. The molecule has 0 atom stereocenters. The summed E-state index contributed by atoms with van der Waals surface area (Å²) in [5.41, 5.74) is 2.97. The minimum Gasteiger partial charge on any atom is -0.493 e. The molecule has 0 bridgehead atoms. The molecular formula is C31H35N5O5. The monoisotopic (exact) mass is 557 g/mol. The SMILES string of the molecule is COc1ccc(C(=O)N2CCN(c3ccc(C(=O)N4CCNCC4)cc3NC(=O)c3ccccc3)CC2)cc1OC. The highest BCUT2D eigenvalue weighted by Crippen LogP contribution is 2.31. The summed E-state index contributed by atoms with van der Waals surface area (Å²) in [5.74, 6) is 0.684. The smallest absolute Gasteiger partial charge is 0.255 e. The van der Waals surface area contributed by atoms with Crippen molar-refractivity contribution in [2.45, 2.75) is 0 Å². The molecule has 3 amide bonds. The number of hydrogen-bond donors (Lipinski definition) is 2. The minimum absolute atomic E-state index is 0.0569. The molecule has 5 rings (SSSR count). The summed E-state index contributed by atoms with van der Waals surface area (Å²) < 4.78 is 10.7. The lowest BCUT2D eigenvalue weighted by atomic mass is 10.1. The average molecular weight is 558 g/mol. The van der Waals surface area contributed by atoms with E-state index in [1.54, 1.807) is 50.6 Å². The van der Waals surface area contributed by atoms with Gasteiger partial charge in [-0.1, -0.05) is 18.2 Å². The van der Waals surface area contributed by atoms with Crippen LogP contribution < -0.4 is 25.0 Å². The molecule has 2 N–H and O–H groups in total. The number of amides is 3. The van der Waals surface area contributed by atoms with Crippen LogP contribution in [-0.4, -0.2) is 94.1 Å². The molecule has 2 aliphatic rings. The van der Waals surface area contributed by atoms with Gasteiger partial charge >= 0.3 is 0 Å². The van der Waals surface area contributed by atoms with Gasteiger partial charge in [-0.2, -0.15) is 0 Å². The Bertz CT molecular complexity index is 1400. The quantitative estimate of drug-likeness (QED) is 0.461. The molecule has 10 heteroatoms. The van der Waals surface area contributed by atoms with Gasteiger partial charge in [-0.05, 0) is 48.5 Å². The van der Waals surface area contributed by atoms with Crippen molar-refractivity contribution >= 4 is 29.1 Å². The zero-order valence-electron chi connectivity index (χ0n) is 23.4. The van der Waals surface area contributed by atoms with Gasteiger partial charge in [0.15, 0.2) is 11.5 Å². The lowest BCUT2D eigenvalue weighted by Gasteiger charge is -2.37. The second-order valence-corrected chi connectivity index (χ2v) is 9.94. The standard InChI is InChI=1S/C31H35N5O5/c1-40-27-11-9-24(21-28(27)41-2)31(39)36-18-16-34(17-19-36)26-10-8-23(30(38)35-14-12-32-13-15-35)20-25(26)33-29(37)22-6-4-3-5-7-22/h3-11,20-21,32H,12-19H2,1-2H3,(H,33,37). The van der Waals surface area contributed by atoms with Gasteiger partial charge in [0.05, 0.1) is 25.6 Å². The van der Waals surface area contributed by atoms with Crippen LogP contribution in [0.5, 0.6) is 11.5 Å². The Morgan fingerprint density at radius 2 is 1.29 bits per heavy atom. The number of ether oxygens (including phenoxy) is 2. The fourth-order valence-electron chi connectivity index (χ4n) is 5.18. The molecule has 3 aromatic carbocycles. The molecular weight excluding hydrogens is 522 g/mol. The van der Waals surface area contributed by atoms with Crippen LogP contribution >= 0.6 is 0 Å². The number of piperazine rings is 2. The molecule has 0 aliphatic carbocycles. The average Bonchev–Trinajstić information content (AvgIpc) is 3.04. The third-order valence-corrected chi connectivity index (χ3v) is 7.47. The summed E-state index contributed by atoms with van der Waals surface area (Å²) >= 11 is 0. The predicted molar refractivity (Wildman–Crippen MR) is 157 cm³/mol. The van der Waals surface area contributed by atoms with Gasteiger partial charge in [0.1, 0.15) is 0 Å². The highest BCUT2D eigenvalue weighted by molar-refractivity contribution is 6.07. The highest BCUT2D eigenvalue weighted by atomic mass is 16.5. The van der Waals surface area contributed by atoms with E-state index in [1.807, 2.05) is 40.1 Å². The summed E-state index contributed by atoms with van der Waals surface area (Å²) in [5, 5.41) is 6.30. The minimum atomic E-state index is -0.249. The maximum atomic E-state index is 13.3. The van der Waals surface area contributed by atoms with E-state index in [1.165, 1.54) is 0 Å². The van der Waals surface area contributed by atoms with Crippen LogP contribution in [0.3, 0.4) is 0 Å². The first-order valence-corrected chi connectivity index (χ1v) is 13.7. The van der Waals surface area contributed by atoms with E-state index in [9.17, 15) is 14.4 Å². The van der Waals surface area contributed by atoms with Gasteiger partial charge in [-0.3, -0.25) is 14.4 Å². The maximum Gasteiger partial charge on any atom is 0.255 e. The zero-order valence-corrected chi connectivity index (χ0v) is 23.4. The van der Waals surface area contributed by atoms with Crippen LogP contribution in [0.2, 0.25) is 0 Å². The van der Waals surface area contributed by atoms with Gasteiger partial charge in [0, 0.05) is 69.0 Å². The number of carbonyl (C=O) groups excluding carboxylic acids is 3. The van der Waals surface area contributed by atoms with E-state index < -0.39 is 0 Å². The molecule has 0 spiro atoms. The van der Waals surface area contributed by atoms with Crippen LogP contribution in [0.25, 0.3) is 0 Å². The first kappa shape index (κ1) is 28.0. The number of hydrogen-bond acceptors (Lipinski definition) is 7. The second-order valence-electron chi connectivity index (χ2n) is 9.94. The van der Waals surface area contributed by atoms with E-state index in [-0.39, 0.29) is 17.7 Å². The zero-order chi connectivity index (χ0) is 28.8. The number of anilines is 2. The molecule has 2 aliphatic heterocycles. The van der Waals surface area contributed by atoms with Gasteiger partial charge in [0.25, 0.3) is 17.7 Å². The van der Waals surface area contributed by atoms with Crippen LogP contribution in [0.1, 0.15) is 31.1 Å². The largest absolute Gasteiger partial charge is 0.493 e. The Balaban J connectivity index is 1.34. The number of nitrogens with one attached hydrogen (secondary N) is 2. The number of rotatable bonds is 7. The van der Waals surface area contributed by atoms with E-state index >= 15 is 0 Å². The Morgan fingerprint density at radius 3 is 1.95 bits per heavy atom. The lowest BCUT2D eigenvalue weighted by Crippen LogP contribution is -2.49. The van der Waals surface area contributed by atoms with Gasteiger partial charge in [0.2, 0.25) is 0 Å². The van der Waals surface area contributed by atoms with E-state index in [4.69, 9.17) is 9.47 Å². The number of nitrogens with zero attached hydrogens (tertiary/aromatic N) is 3. The summed E-state index contributed by atoms with van der Waals surface area (Å²) in [6.45, 7) is 4.93. The van der Waals surface area contributed by atoms with Crippen LogP contribution in [-0.2, 0) is 0 Å². The van der Waals surface area contributed by atoms with Crippen molar-refractivity contribution in [2.75, 3.05) is 76.8 Å². The Kier molecular flexibility index (Phi) is 8.69. The molecule has 0 radical (unpaired) electrons. The molecule has 2 saturated heterocycles. The molecule has 2 fully saturated rings. The second kappa shape index (κ2) is 12.7. The van der Waals surface area contributed by atoms with E-state index in [0.717, 1.165) is 18.8 Å². The molecule has 214 valence electrons. The first-order chi connectivity index (χ1) is 20.0.